The first kappa shape index (κ1) is 18.4. The second kappa shape index (κ2) is 7.74. The third kappa shape index (κ3) is 5.92. The predicted molar refractivity (Wildman–Crippen MR) is 83.2 cm³/mol. The molecule has 0 aliphatic rings. The Morgan fingerprint density at radius 3 is 2.75 bits per heavy atom. The molecule has 0 radical (unpaired) electrons. The highest BCUT2D eigenvalue weighted by Crippen LogP contribution is 2.30. The number of hydrogen-bond donors (Lipinski definition) is 1. The summed E-state index contributed by atoms with van der Waals surface area (Å²) in [5.74, 6) is 1.34. The van der Waals surface area contributed by atoms with Crippen molar-refractivity contribution in [1.82, 2.24) is 10.1 Å². The smallest absolute Gasteiger partial charge is 0.422 e. The molecule has 0 fully saturated rings. The van der Waals surface area contributed by atoms with E-state index in [1.807, 2.05) is 13.8 Å². The zero-order valence-electron chi connectivity index (χ0n) is 13.2. The number of hydrogen-bond acceptors (Lipinski definition) is 5. The van der Waals surface area contributed by atoms with E-state index in [0.29, 0.717) is 34.8 Å². The fourth-order valence-electron chi connectivity index (χ4n) is 1.91. The van der Waals surface area contributed by atoms with Crippen molar-refractivity contribution in [2.24, 2.45) is 5.92 Å². The van der Waals surface area contributed by atoms with Crippen LogP contribution in [0.2, 0.25) is 5.02 Å². The topological polar surface area (TPSA) is 60.2 Å². The fraction of sp³-hybridized carbons (Fsp3) is 0.467. The highest BCUT2D eigenvalue weighted by Gasteiger charge is 2.28. The molecule has 0 saturated carbocycles. The minimum absolute atomic E-state index is 0.0404. The second-order valence-corrected chi connectivity index (χ2v) is 6.04. The van der Waals surface area contributed by atoms with E-state index in [1.54, 1.807) is 0 Å². The minimum atomic E-state index is -4.42. The number of benzene rings is 1. The molecule has 0 aliphatic heterocycles. The molecule has 2 aromatic rings. The first-order valence-corrected chi connectivity index (χ1v) is 7.65. The van der Waals surface area contributed by atoms with E-state index in [9.17, 15) is 13.2 Å². The maximum Gasteiger partial charge on any atom is 0.422 e. The van der Waals surface area contributed by atoms with Crippen molar-refractivity contribution < 1.29 is 22.4 Å². The zero-order chi connectivity index (χ0) is 17.7. The molecule has 1 aromatic carbocycles. The molecule has 2 rings (SSSR count). The summed E-state index contributed by atoms with van der Waals surface area (Å²) >= 11 is 5.88. The van der Waals surface area contributed by atoms with Gasteiger partial charge >= 0.3 is 6.18 Å². The standard InChI is InChI=1S/C15H17ClF3N3O2/c1-9(2)5-13-21-14(24-22-13)7-20-11-6-10(16)3-4-12(11)23-8-15(17,18)19/h3-4,6,9,20H,5,7-8H2,1-2H3. The summed E-state index contributed by atoms with van der Waals surface area (Å²) in [5, 5.41) is 7.11. The summed E-state index contributed by atoms with van der Waals surface area (Å²) in [5.41, 5.74) is 0.315. The van der Waals surface area contributed by atoms with Gasteiger partial charge < -0.3 is 14.6 Å². The first-order chi connectivity index (χ1) is 11.2. The van der Waals surface area contributed by atoms with Gasteiger partial charge in [0.15, 0.2) is 12.4 Å². The Labute approximate surface area is 142 Å². The molecule has 0 atom stereocenters. The maximum atomic E-state index is 12.3. The highest BCUT2D eigenvalue weighted by atomic mass is 35.5. The van der Waals surface area contributed by atoms with E-state index >= 15 is 0 Å². The Hall–Kier alpha value is -1.96. The average molecular weight is 364 g/mol. The quantitative estimate of drug-likeness (QED) is 0.786. The van der Waals surface area contributed by atoms with Crippen LogP contribution in [-0.2, 0) is 13.0 Å². The van der Waals surface area contributed by atoms with Gasteiger partial charge in [-0.2, -0.15) is 18.2 Å². The maximum absolute atomic E-state index is 12.3. The number of rotatable bonds is 7. The predicted octanol–water partition coefficient (Wildman–Crippen LogP) is 4.47. The number of halogens is 4. The molecule has 1 N–H and O–H groups in total. The molecule has 0 amide bonds. The molecule has 1 heterocycles. The third-order valence-corrected chi connectivity index (χ3v) is 3.10. The van der Waals surface area contributed by atoms with Crippen LogP contribution in [0.1, 0.15) is 25.6 Å². The van der Waals surface area contributed by atoms with E-state index in [4.69, 9.17) is 20.9 Å². The van der Waals surface area contributed by atoms with Crippen LogP contribution < -0.4 is 10.1 Å². The van der Waals surface area contributed by atoms with Gasteiger partial charge in [0.25, 0.3) is 0 Å². The van der Waals surface area contributed by atoms with Crippen LogP contribution >= 0.6 is 11.6 Å². The lowest BCUT2D eigenvalue weighted by molar-refractivity contribution is -0.153. The molecule has 0 unspecified atom stereocenters. The average Bonchev–Trinajstić information content (AvgIpc) is 2.89. The lowest BCUT2D eigenvalue weighted by Crippen LogP contribution is -2.19. The van der Waals surface area contributed by atoms with E-state index in [2.05, 4.69) is 15.5 Å². The molecule has 0 spiro atoms. The highest BCUT2D eigenvalue weighted by molar-refractivity contribution is 6.30. The van der Waals surface area contributed by atoms with Crippen LogP contribution in [0.4, 0.5) is 18.9 Å². The lowest BCUT2D eigenvalue weighted by atomic mass is 10.1. The monoisotopic (exact) mass is 363 g/mol. The van der Waals surface area contributed by atoms with Crippen molar-refractivity contribution in [3.8, 4) is 5.75 Å². The van der Waals surface area contributed by atoms with Crippen LogP contribution in [0.25, 0.3) is 0 Å². The van der Waals surface area contributed by atoms with Crippen molar-refractivity contribution in [1.29, 1.82) is 0 Å². The Kier molecular flexibility index (Phi) is 5.93. The molecule has 24 heavy (non-hydrogen) atoms. The van der Waals surface area contributed by atoms with Gasteiger partial charge in [-0.05, 0) is 24.1 Å². The van der Waals surface area contributed by atoms with Crippen LogP contribution in [-0.4, -0.2) is 22.9 Å². The number of anilines is 1. The zero-order valence-corrected chi connectivity index (χ0v) is 13.9. The molecule has 1 aromatic heterocycles. The molecular formula is C15H17ClF3N3O2. The number of ether oxygens (including phenoxy) is 1. The van der Waals surface area contributed by atoms with Gasteiger partial charge in [-0.3, -0.25) is 0 Å². The van der Waals surface area contributed by atoms with Crippen LogP contribution in [0.5, 0.6) is 5.75 Å². The fourth-order valence-corrected chi connectivity index (χ4v) is 2.08. The largest absolute Gasteiger partial charge is 0.482 e. The van der Waals surface area contributed by atoms with E-state index < -0.39 is 12.8 Å². The molecular weight excluding hydrogens is 347 g/mol. The molecule has 0 bridgehead atoms. The summed E-state index contributed by atoms with van der Waals surface area (Å²) < 4.78 is 46.8. The van der Waals surface area contributed by atoms with Gasteiger partial charge in [-0.15, -0.1) is 0 Å². The summed E-state index contributed by atoms with van der Waals surface area (Å²) in [6.45, 7) is 2.82. The first-order valence-electron chi connectivity index (χ1n) is 7.27. The van der Waals surface area contributed by atoms with Crippen molar-refractivity contribution in [3.63, 3.8) is 0 Å². The molecule has 9 heteroatoms. The molecule has 0 saturated heterocycles. The minimum Gasteiger partial charge on any atom is -0.482 e. The Morgan fingerprint density at radius 1 is 1.33 bits per heavy atom. The van der Waals surface area contributed by atoms with E-state index in [-0.39, 0.29) is 12.3 Å². The van der Waals surface area contributed by atoms with Crippen molar-refractivity contribution >= 4 is 17.3 Å². The van der Waals surface area contributed by atoms with Crippen LogP contribution in [0, 0.1) is 5.92 Å². The van der Waals surface area contributed by atoms with E-state index in [1.165, 1.54) is 18.2 Å². The van der Waals surface area contributed by atoms with Gasteiger partial charge in [-0.25, -0.2) is 0 Å². The summed E-state index contributed by atoms with van der Waals surface area (Å²) in [4.78, 5) is 4.21. The number of alkyl halides is 3. The summed E-state index contributed by atoms with van der Waals surface area (Å²) in [6, 6.07) is 4.29. The number of aromatic nitrogens is 2. The number of nitrogens with one attached hydrogen (secondary N) is 1. The SMILES string of the molecule is CC(C)Cc1noc(CNc2cc(Cl)ccc2OCC(F)(F)F)n1. The summed E-state index contributed by atoms with van der Waals surface area (Å²) in [6.07, 6.45) is -3.74. The second-order valence-electron chi connectivity index (χ2n) is 5.60. The van der Waals surface area contributed by atoms with Crippen molar-refractivity contribution in [2.45, 2.75) is 33.0 Å². The van der Waals surface area contributed by atoms with Gasteiger partial charge in [0, 0.05) is 11.4 Å². The van der Waals surface area contributed by atoms with Crippen molar-refractivity contribution in [2.75, 3.05) is 11.9 Å². The number of nitrogens with zero attached hydrogens (tertiary/aromatic N) is 2. The van der Waals surface area contributed by atoms with E-state index in [0.717, 1.165) is 0 Å². The molecule has 5 nitrogen and oxygen atoms in total. The van der Waals surface area contributed by atoms with Gasteiger partial charge in [-0.1, -0.05) is 30.6 Å². The lowest BCUT2D eigenvalue weighted by Gasteiger charge is -2.14. The Bertz CT molecular complexity index is 674. The van der Waals surface area contributed by atoms with Crippen molar-refractivity contribution in [3.05, 3.63) is 34.9 Å². The Morgan fingerprint density at radius 2 is 2.08 bits per heavy atom. The normalized spacial score (nSPS) is 11.8. The molecule has 0 aliphatic carbocycles. The summed E-state index contributed by atoms with van der Waals surface area (Å²) in [7, 11) is 0. The van der Waals surface area contributed by atoms with Crippen LogP contribution in [0.3, 0.4) is 0 Å². The van der Waals surface area contributed by atoms with Gasteiger partial charge in [0.2, 0.25) is 5.89 Å². The van der Waals surface area contributed by atoms with Crippen LogP contribution in [0.15, 0.2) is 22.7 Å². The van der Waals surface area contributed by atoms with Gasteiger partial charge in [0.1, 0.15) is 5.75 Å². The van der Waals surface area contributed by atoms with Gasteiger partial charge in [0.05, 0.1) is 12.2 Å². The Balaban J connectivity index is 2.03. The third-order valence-electron chi connectivity index (χ3n) is 2.86. The molecule has 132 valence electrons.